The van der Waals surface area contributed by atoms with Crippen LogP contribution >= 0.6 is 11.8 Å². The Hall–Kier alpha value is -3.30. The molecule has 9 heteroatoms. The second-order valence-corrected chi connectivity index (χ2v) is 9.42. The van der Waals surface area contributed by atoms with Gasteiger partial charge in [0, 0.05) is 59.8 Å². The normalized spacial score (nSPS) is 17.0. The molecule has 1 aromatic carbocycles. The minimum Gasteiger partial charge on any atom is -0.496 e. The lowest BCUT2D eigenvalue weighted by Crippen LogP contribution is -2.16. The van der Waals surface area contributed by atoms with Gasteiger partial charge in [0.25, 0.3) is 0 Å². The summed E-state index contributed by atoms with van der Waals surface area (Å²) >= 11 is 1.58. The number of ether oxygens (including phenoxy) is 3. The van der Waals surface area contributed by atoms with Crippen LogP contribution in [0.3, 0.4) is 0 Å². The van der Waals surface area contributed by atoms with Crippen LogP contribution in [0.25, 0.3) is 28.2 Å². The van der Waals surface area contributed by atoms with Crippen molar-refractivity contribution in [2.24, 2.45) is 13.0 Å². The van der Waals surface area contributed by atoms with E-state index in [9.17, 15) is 4.79 Å². The molecule has 2 aliphatic heterocycles. The number of Topliss-reactive ketones (excluding diaryl/α,β-unsaturated/α-hetero) is 1. The monoisotopic (exact) mass is 492 g/mol. The molecule has 5 rings (SSSR count). The molecule has 1 atom stereocenters. The molecule has 0 aliphatic carbocycles. The van der Waals surface area contributed by atoms with Gasteiger partial charge in [-0.1, -0.05) is 6.58 Å². The average molecular weight is 493 g/mol. The Balaban J connectivity index is 1.69. The highest BCUT2D eigenvalue weighted by atomic mass is 32.2. The minimum absolute atomic E-state index is 0.0166. The topological polar surface area (TPSA) is 80.4 Å². The fourth-order valence-corrected chi connectivity index (χ4v) is 5.05. The number of carbonyl (C=O) groups is 1. The van der Waals surface area contributed by atoms with Crippen molar-refractivity contribution < 1.29 is 19.0 Å². The first-order valence-corrected chi connectivity index (χ1v) is 12.7. The molecule has 0 N–H and O–H groups in total. The molecule has 2 aromatic heterocycles. The maximum Gasteiger partial charge on any atom is 0.209 e. The maximum absolute atomic E-state index is 13.6. The van der Waals surface area contributed by atoms with Gasteiger partial charge in [-0.25, -0.2) is 4.68 Å². The van der Waals surface area contributed by atoms with E-state index in [0.717, 1.165) is 40.2 Å². The predicted octanol–water partition coefficient (Wildman–Crippen LogP) is 4.81. The molecule has 3 aromatic rings. The predicted molar refractivity (Wildman–Crippen MR) is 137 cm³/mol. The van der Waals surface area contributed by atoms with Gasteiger partial charge in [0.15, 0.2) is 0 Å². The molecule has 0 bridgehead atoms. The summed E-state index contributed by atoms with van der Waals surface area (Å²) in [5, 5.41) is 11.4. The van der Waals surface area contributed by atoms with Gasteiger partial charge in [-0.2, -0.15) is 10.2 Å². The highest BCUT2D eigenvalue weighted by Gasteiger charge is 2.34. The molecule has 8 nitrogen and oxygen atoms in total. The van der Waals surface area contributed by atoms with Crippen LogP contribution in [0.4, 0.5) is 0 Å². The van der Waals surface area contributed by atoms with Gasteiger partial charge in [-0.3, -0.25) is 9.48 Å². The first kappa shape index (κ1) is 23.4. The lowest BCUT2D eigenvalue weighted by molar-refractivity contribution is 0.101. The smallest absolute Gasteiger partial charge is 0.209 e. The number of methoxy groups -OCH3 is 1. The summed E-state index contributed by atoms with van der Waals surface area (Å²) in [6, 6.07) is 5.82. The molecule has 182 valence electrons. The Morgan fingerprint density at radius 2 is 2.14 bits per heavy atom. The summed E-state index contributed by atoms with van der Waals surface area (Å²) in [4.78, 5) is 13.6. The van der Waals surface area contributed by atoms with E-state index in [-0.39, 0.29) is 18.3 Å². The zero-order valence-corrected chi connectivity index (χ0v) is 21.1. The highest BCUT2D eigenvalue weighted by Crippen LogP contribution is 2.46. The SMILES string of the molecule is C=C(C(=O)c1nn(/C(C)=C/SC)c2c1COc1cc(OC)c(-c3ccn(C)n3)cc1-2)C1CCOC1. The van der Waals surface area contributed by atoms with E-state index in [0.29, 0.717) is 36.0 Å². The van der Waals surface area contributed by atoms with Crippen molar-refractivity contribution in [2.75, 3.05) is 26.6 Å². The number of hydrogen-bond donors (Lipinski definition) is 0. The van der Waals surface area contributed by atoms with Gasteiger partial charge in [0.2, 0.25) is 5.78 Å². The van der Waals surface area contributed by atoms with Crippen molar-refractivity contribution in [1.29, 1.82) is 0 Å². The van der Waals surface area contributed by atoms with Crippen molar-refractivity contribution in [1.82, 2.24) is 19.6 Å². The fourth-order valence-electron chi connectivity index (χ4n) is 4.61. The maximum atomic E-state index is 13.6. The number of ketones is 1. The lowest BCUT2D eigenvalue weighted by atomic mass is 9.92. The number of rotatable bonds is 7. The Morgan fingerprint density at radius 3 is 2.80 bits per heavy atom. The van der Waals surface area contributed by atoms with Crippen LogP contribution in [0.2, 0.25) is 0 Å². The Morgan fingerprint density at radius 1 is 1.31 bits per heavy atom. The molecule has 0 radical (unpaired) electrons. The van der Waals surface area contributed by atoms with Crippen molar-refractivity contribution in [3.8, 4) is 34.0 Å². The molecule has 35 heavy (non-hydrogen) atoms. The Labute approximate surface area is 208 Å². The number of aromatic nitrogens is 4. The molecule has 4 heterocycles. The van der Waals surface area contributed by atoms with Crippen LogP contribution in [0, 0.1) is 5.92 Å². The Kier molecular flexibility index (Phi) is 6.29. The minimum atomic E-state index is -0.155. The van der Waals surface area contributed by atoms with Crippen LogP contribution in [-0.4, -0.2) is 51.9 Å². The third-order valence-corrected chi connectivity index (χ3v) is 7.03. The second-order valence-electron chi connectivity index (χ2n) is 8.71. The van der Waals surface area contributed by atoms with Crippen molar-refractivity contribution in [3.05, 3.63) is 53.2 Å². The molecule has 1 saturated heterocycles. The van der Waals surface area contributed by atoms with Crippen LogP contribution in [-0.2, 0) is 18.4 Å². The van der Waals surface area contributed by atoms with Gasteiger partial charge in [-0.05, 0) is 37.1 Å². The highest BCUT2D eigenvalue weighted by molar-refractivity contribution is 8.01. The van der Waals surface area contributed by atoms with Crippen LogP contribution in [0.5, 0.6) is 11.5 Å². The van der Waals surface area contributed by atoms with Gasteiger partial charge < -0.3 is 14.2 Å². The van der Waals surface area contributed by atoms with E-state index in [1.807, 2.05) is 54.7 Å². The zero-order valence-electron chi connectivity index (χ0n) is 20.3. The summed E-state index contributed by atoms with van der Waals surface area (Å²) in [5.41, 5.74) is 5.88. The van der Waals surface area contributed by atoms with E-state index in [2.05, 4.69) is 11.7 Å². The molecule has 0 amide bonds. The number of hydrogen-bond acceptors (Lipinski definition) is 7. The first-order chi connectivity index (χ1) is 16.9. The summed E-state index contributed by atoms with van der Waals surface area (Å²) in [6.45, 7) is 7.49. The average Bonchev–Trinajstić information content (AvgIpc) is 3.62. The number of carbonyl (C=O) groups excluding carboxylic acids is 1. The van der Waals surface area contributed by atoms with E-state index in [1.165, 1.54) is 0 Å². The summed E-state index contributed by atoms with van der Waals surface area (Å²) in [6.07, 6.45) is 4.68. The molecule has 1 fully saturated rings. The van der Waals surface area contributed by atoms with Crippen molar-refractivity contribution >= 4 is 23.2 Å². The number of fused-ring (bicyclic) bond motifs is 3. The van der Waals surface area contributed by atoms with Crippen LogP contribution in [0.15, 0.2) is 42.0 Å². The summed E-state index contributed by atoms with van der Waals surface area (Å²) in [7, 11) is 3.51. The standard InChI is InChI=1S/C26H28N4O4S/c1-15(14-35-5)30-25-19-10-18(21-6-8-29(3)27-21)22(32-4)11-23(19)34-13-20(25)24(28-30)26(31)16(2)17-7-9-33-12-17/h6,8,10-11,14,17H,2,7,9,12-13H2,1,3-5H3/b15-14+. The molecule has 0 spiro atoms. The fraction of sp³-hybridized carbons (Fsp3) is 0.346. The lowest BCUT2D eigenvalue weighted by Gasteiger charge is -2.22. The number of benzene rings is 1. The van der Waals surface area contributed by atoms with Crippen LogP contribution < -0.4 is 9.47 Å². The van der Waals surface area contributed by atoms with Gasteiger partial charge >= 0.3 is 0 Å². The zero-order chi connectivity index (χ0) is 24.7. The molecule has 2 aliphatic rings. The number of nitrogens with zero attached hydrogens (tertiary/aromatic N) is 4. The Bertz CT molecular complexity index is 1350. The quantitative estimate of drug-likeness (QED) is 0.346. The second kappa shape index (κ2) is 9.39. The molecule has 0 saturated carbocycles. The number of aryl methyl sites for hydroxylation is 1. The molecular weight excluding hydrogens is 464 g/mol. The number of allylic oxidation sites excluding steroid dienone is 1. The van der Waals surface area contributed by atoms with E-state index >= 15 is 0 Å². The number of thioether (sulfide) groups is 1. The third kappa shape index (κ3) is 4.08. The van der Waals surface area contributed by atoms with Crippen LogP contribution in [0.1, 0.15) is 29.4 Å². The summed E-state index contributed by atoms with van der Waals surface area (Å²) < 4.78 is 20.9. The van der Waals surface area contributed by atoms with E-state index in [4.69, 9.17) is 19.3 Å². The van der Waals surface area contributed by atoms with Crippen molar-refractivity contribution in [3.63, 3.8) is 0 Å². The molecule has 1 unspecified atom stereocenters. The third-order valence-electron chi connectivity index (χ3n) is 6.45. The van der Waals surface area contributed by atoms with E-state index in [1.54, 1.807) is 23.6 Å². The first-order valence-electron chi connectivity index (χ1n) is 11.4. The van der Waals surface area contributed by atoms with Gasteiger partial charge in [-0.15, -0.1) is 11.8 Å². The molecular formula is C26H28N4O4S. The van der Waals surface area contributed by atoms with Gasteiger partial charge in [0.05, 0.1) is 25.1 Å². The largest absolute Gasteiger partial charge is 0.496 e. The summed E-state index contributed by atoms with van der Waals surface area (Å²) in [5.74, 6) is 1.20. The van der Waals surface area contributed by atoms with E-state index < -0.39 is 0 Å². The van der Waals surface area contributed by atoms with Crippen molar-refractivity contribution in [2.45, 2.75) is 20.0 Å². The van der Waals surface area contributed by atoms with Gasteiger partial charge in [0.1, 0.15) is 23.8 Å².